The second-order valence-corrected chi connectivity index (χ2v) is 9.32. The lowest BCUT2D eigenvalue weighted by molar-refractivity contribution is 0.0572. The van der Waals surface area contributed by atoms with Crippen LogP contribution in [0.2, 0.25) is 0 Å². The molecule has 0 spiro atoms. The number of amides is 1. The fraction of sp³-hybridized carbons (Fsp3) is 0.250. The molecule has 2 heterocycles. The van der Waals surface area contributed by atoms with Crippen molar-refractivity contribution in [2.24, 2.45) is 5.73 Å². The Balaban J connectivity index is 1.21. The van der Waals surface area contributed by atoms with Crippen LogP contribution in [0.5, 0.6) is 0 Å². The molecule has 4 aromatic rings. The predicted octanol–water partition coefficient (Wildman–Crippen LogP) is 2.47. The van der Waals surface area contributed by atoms with Crippen LogP contribution in [-0.2, 0) is 13.0 Å². The zero-order valence-corrected chi connectivity index (χ0v) is 20.1. The van der Waals surface area contributed by atoms with E-state index in [1.807, 2.05) is 24.3 Å². The number of aromatic nitrogens is 3. The van der Waals surface area contributed by atoms with Crippen LogP contribution in [0.3, 0.4) is 0 Å². The van der Waals surface area contributed by atoms with E-state index in [9.17, 15) is 15.0 Å². The average molecular weight is 484 g/mol. The summed E-state index contributed by atoms with van der Waals surface area (Å²) in [6.45, 7) is 3.51. The van der Waals surface area contributed by atoms with Gasteiger partial charge in [0.05, 0.1) is 17.9 Å². The maximum absolute atomic E-state index is 11.3. The molecule has 1 aliphatic rings. The van der Waals surface area contributed by atoms with Crippen molar-refractivity contribution >= 4 is 5.91 Å². The maximum atomic E-state index is 11.3. The molecule has 0 aliphatic carbocycles. The van der Waals surface area contributed by atoms with Crippen molar-refractivity contribution in [2.45, 2.75) is 32.1 Å². The smallest absolute Gasteiger partial charge is 0.288 e. The highest BCUT2D eigenvalue weighted by Gasteiger charge is 2.29. The molecule has 1 aliphatic heterocycles. The summed E-state index contributed by atoms with van der Waals surface area (Å²) in [4.78, 5) is 17.5. The second kappa shape index (κ2) is 10.0. The maximum Gasteiger partial charge on any atom is 0.288 e. The van der Waals surface area contributed by atoms with Gasteiger partial charge in [-0.15, -0.1) is 5.10 Å². The third-order valence-corrected chi connectivity index (χ3v) is 6.56. The third-order valence-electron chi connectivity index (χ3n) is 6.56. The average Bonchev–Trinajstić information content (AvgIpc) is 3.42. The van der Waals surface area contributed by atoms with Gasteiger partial charge in [0.15, 0.2) is 0 Å². The van der Waals surface area contributed by atoms with E-state index in [4.69, 9.17) is 5.73 Å². The van der Waals surface area contributed by atoms with E-state index in [1.54, 1.807) is 11.6 Å². The Morgan fingerprint density at radius 2 is 1.36 bits per heavy atom. The van der Waals surface area contributed by atoms with E-state index in [2.05, 4.69) is 63.5 Å². The fourth-order valence-electron chi connectivity index (χ4n) is 4.58. The van der Waals surface area contributed by atoms with Crippen LogP contribution in [0.25, 0.3) is 16.8 Å². The van der Waals surface area contributed by atoms with E-state index in [-0.39, 0.29) is 5.82 Å². The summed E-state index contributed by atoms with van der Waals surface area (Å²) >= 11 is 0. The van der Waals surface area contributed by atoms with Crippen LogP contribution in [0.4, 0.5) is 0 Å². The number of aliphatic hydroxyl groups is 2. The molecule has 8 nitrogen and oxygen atoms in total. The van der Waals surface area contributed by atoms with Crippen LogP contribution < -0.4 is 5.73 Å². The summed E-state index contributed by atoms with van der Waals surface area (Å²) in [5.74, 6) is -0.0252. The SMILES string of the molecule is Cc1nc(C(N)=O)nn1-c1ccc(Cc2ccc(-c3ccc(CN4CC(O)C(O)C4)cc3)cc2)cc1. The third kappa shape index (κ3) is 5.21. The van der Waals surface area contributed by atoms with Gasteiger partial charge in [-0.2, -0.15) is 0 Å². The lowest BCUT2D eigenvalue weighted by Crippen LogP contribution is -2.22. The predicted molar refractivity (Wildman–Crippen MR) is 137 cm³/mol. The van der Waals surface area contributed by atoms with Gasteiger partial charge in [0, 0.05) is 19.6 Å². The minimum Gasteiger partial charge on any atom is -0.389 e. The highest BCUT2D eigenvalue weighted by molar-refractivity contribution is 5.88. The molecule has 1 amide bonds. The van der Waals surface area contributed by atoms with Crippen molar-refractivity contribution < 1.29 is 15.0 Å². The van der Waals surface area contributed by atoms with Crippen molar-refractivity contribution in [3.05, 3.63) is 101 Å². The number of hydrogen-bond donors (Lipinski definition) is 3. The number of aryl methyl sites for hydroxylation is 1. The van der Waals surface area contributed by atoms with Crippen molar-refractivity contribution in [2.75, 3.05) is 13.1 Å². The lowest BCUT2D eigenvalue weighted by atomic mass is 9.99. The summed E-state index contributed by atoms with van der Waals surface area (Å²) in [6.07, 6.45) is -0.513. The molecule has 4 N–H and O–H groups in total. The molecule has 2 atom stereocenters. The van der Waals surface area contributed by atoms with Gasteiger partial charge in [0.1, 0.15) is 5.82 Å². The molecule has 1 saturated heterocycles. The first-order valence-corrected chi connectivity index (χ1v) is 12.0. The zero-order valence-electron chi connectivity index (χ0n) is 20.1. The Morgan fingerprint density at radius 3 is 1.86 bits per heavy atom. The first-order valence-electron chi connectivity index (χ1n) is 12.0. The molecule has 184 valence electrons. The molecule has 5 rings (SSSR count). The van der Waals surface area contributed by atoms with Gasteiger partial charge in [-0.05, 0) is 53.3 Å². The van der Waals surface area contributed by atoms with Gasteiger partial charge in [-0.1, -0.05) is 60.7 Å². The number of nitrogens with two attached hydrogens (primary N) is 1. The Morgan fingerprint density at radius 1 is 0.861 bits per heavy atom. The molecule has 0 saturated carbocycles. The Bertz CT molecular complexity index is 1340. The molecule has 2 unspecified atom stereocenters. The van der Waals surface area contributed by atoms with Crippen LogP contribution in [0, 0.1) is 6.92 Å². The van der Waals surface area contributed by atoms with Crippen LogP contribution in [0.15, 0.2) is 72.8 Å². The van der Waals surface area contributed by atoms with Crippen LogP contribution >= 0.6 is 0 Å². The minimum absolute atomic E-state index is 0.0116. The molecular formula is C28H29N5O3. The van der Waals surface area contributed by atoms with Gasteiger partial charge in [-0.25, -0.2) is 9.67 Å². The number of likely N-dealkylation sites (tertiary alicyclic amines) is 1. The van der Waals surface area contributed by atoms with Gasteiger partial charge >= 0.3 is 0 Å². The van der Waals surface area contributed by atoms with Crippen molar-refractivity contribution in [1.29, 1.82) is 0 Å². The molecule has 36 heavy (non-hydrogen) atoms. The standard InChI is InChI=1S/C28H29N5O3/c1-18-30-28(27(29)36)31-33(18)24-12-6-20(7-13-24)14-19-2-8-22(9-3-19)23-10-4-21(5-11-23)15-32-16-25(34)26(35)17-32/h2-13,25-26,34-35H,14-17H2,1H3,(H2,29,36). The zero-order chi connectivity index (χ0) is 25.2. The number of primary amides is 1. The second-order valence-electron chi connectivity index (χ2n) is 9.32. The van der Waals surface area contributed by atoms with E-state index in [1.165, 1.54) is 11.1 Å². The highest BCUT2D eigenvalue weighted by atomic mass is 16.3. The summed E-state index contributed by atoms with van der Waals surface area (Å²) in [7, 11) is 0. The number of carbonyl (C=O) groups excluding carboxylic acids is 1. The monoisotopic (exact) mass is 483 g/mol. The van der Waals surface area contributed by atoms with E-state index < -0.39 is 18.1 Å². The topological polar surface area (TPSA) is 118 Å². The summed E-state index contributed by atoms with van der Waals surface area (Å²) < 4.78 is 1.61. The normalized spacial score (nSPS) is 18.0. The van der Waals surface area contributed by atoms with Crippen molar-refractivity contribution in [3.8, 4) is 16.8 Å². The minimum atomic E-state index is -0.657. The molecule has 1 fully saturated rings. The number of β-amino-alcohol motifs (C(OH)–C–C–N with tert-alkyl or cyclic N) is 2. The number of benzene rings is 3. The highest BCUT2D eigenvalue weighted by Crippen LogP contribution is 2.23. The summed E-state index contributed by atoms with van der Waals surface area (Å²) in [6, 6.07) is 25.0. The number of nitrogens with zero attached hydrogens (tertiary/aromatic N) is 4. The number of aliphatic hydroxyl groups excluding tert-OH is 2. The summed E-state index contributed by atoms with van der Waals surface area (Å²) in [5, 5.41) is 23.6. The molecule has 3 aromatic carbocycles. The molecule has 8 heteroatoms. The number of hydrogen-bond acceptors (Lipinski definition) is 6. The van der Waals surface area contributed by atoms with Gasteiger partial charge in [-0.3, -0.25) is 9.69 Å². The Hall–Kier alpha value is -3.85. The molecular weight excluding hydrogens is 454 g/mol. The van der Waals surface area contributed by atoms with Crippen LogP contribution in [-0.4, -0.2) is 61.1 Å². The van der Waals surface area contributed by atoms with E-state index >= 15 is 0 Å². The molecule has 0 radical (unpaired) electrons. The first kappa shape index (κ1) is 23.9. The van der Waals surface area contributed by atoms with Gasteiger partial charge in [0.25, 0.3) is 5.91 Å². The number of rotatable bonds is 7. The Kier molecular flexibility index (Phi) is 6.65. The number of carbonyl (C=O) groups is 1. The quantitative estimate of drug-likeness (QED) is 0.372. The van der Waals surface area contributed by atoms with Crippen molar-refractivity contribution in [1.82, 2.24) is 19.7 Å². The van der Waals surface area contributed by atoms with Gasteiger partial charge in [0.2, 0.25) is 5.82 Å². The first-order chi connectivity index (χ1) is 17.4. The largest absolute Gasteiger partial charge is 0.389 e. The molecule has 0 bridgehead atoms. The molecule has 1 aromatic heterocycles. The van der Waals surface area contributed by atoms with Gasteiger partial charge < -0.3 is 15.9 Å². The summed E-state index contributed by atoms with van der Waals surface area (Å²) in [5.41, 5.74) is 11.9. The van der Waals surface area contributed by atoms with Crippen molar-refractivity contribution in [3.63, 3.8) is 0 Å². The fourth-order valence-corrected chi connectivity index (χ4v) is 4.58. The van der Waals surface area contributed by atoms with E-state index in [0.717, 1.165) is 35.3 Å². The Labute approximate surface area is 209 Å². The van der Waals surface area contributed by atoms with Crippen LogP contribution in [0.1, 0.15) is 33.1 Å². The lowest BCUT2D eigenvalue weighted by Gasteiger charge is -2.15. The van der Waals surface area contributed by atoms with E-state index in [0.29, 0.717) is 18.9 Å².